The third-order valence-corrected chi connectivity index (χ3v) is 0. The number of hydrogen-bond donors (Lipinski definition) is 0. The molecule has 0 rings (SSSR count). The van der Waals surface area contributed by atoms with Crippen molar-refractivity contribution in [2.24, 2.45) is 0 Å². The van der Waals surface area contributed by atoms with E-state index in [1.807, 2.05) is 0 Å². The predicted molar refractivity (Wildman–Crippen MR) is 19.0 cm³/mol. The van der Waals surface area contributed by atoms with Crippen LogP contribution in [0, 0.1) is 0 Å². The second-order valence-electron chi connectivity index (χ2n) is 0. The van der Waals surface area contributed by atoms with Gasteiger partial charge in [0.25, 0.3) is 0 Å². The zero-order chi connectivity index (χ0) is 0. The van der Waals surface area contributed by atoms with Crippen molar-refractivity contribution in [3.05, 3.63) is 0 Å². The van der Waals surface area contributed by atoms with Gasteiger partial charge < -0.3 is 4.28 Å². The minimum absolute atomic E-state index is 0. The summed E-state index contributed by atoms with van der Waals surface area (Å²) in [7, 11) is 0. The van der Waals surface area contributed by atoms with Crippen molar-refractivity contribution >= 4 is 40.4 Å². The SMILES string of the molecule is [AlH3].[H-].[H-].[H-].[Li+].[Mg+2].[Mn].[Ni]. The quantitative estimate of drug-likeness (QED) is 0.330. The Morgan fingerprint density at radius 2 is 1.20 bits per heavy atom. The molecule has 0 saturated heterocycles. The molecule has 0 aliphatic carbocycles. The topological polar surface area (TPSA) is 0 Å². The van der Waals surface area contributed by atoms with Crippen LogP contribution in [-0.4, -0.2) is 40.4 Å². The Kier molecular flexibility index (Phi) is 254. The third kappa shape index (κ3) is 19.7. The molecule has 0 spiro atoms. The molecule has 0 unspecified atom stereocenters. The van der Waals surface area contributed by atoms with Gasteiger partial charge in [-0.1, -0.05) is 0 Å². The van der Waals surface area contributed by atoms with Gasteiger partial charge in [-0.25, -0.2) is 0 Å². The Labute approximate surface area is 95.9 Å². The van der Waals surface area contributed by atoms with Gasteiger partial charge >= 0.3 is 41.9 Å². The Morgan fingerprint density at radius 1 is 1.20 bits per heavy atom. The Bertz CT molecular complexity index is 19.2. The molecule has 29 valence electrons. The first-order valence-corrected chi connectivity index (χ1v) is 0. The van der Waals surface area contributed by atoms with E-state index in [2.05, 4.69) is 0 Å². The Hall–Kier alpha value is 2.91. The van der Waals surface area contributed by atoms with Gasteiger partial charge in [-0.05, 0) is 0 Å². The largest absolute Gasteiger partial charge is 2.00 e. The average molecular weight is 178 g/mol. The molecular weight excluding hydrogens is 172 g/mol. The molecule has 0 N–H and O–H groups in total. The maximum Gasteiger partial charge on any atom is 2.00 e. The Balaban J connectivity index is 0. The van der Waals surface area contributed by atoms with Gasteiger partial charge in [0.05, 0.1) is 0 Å². The summed E-state index contributed by atoms with van der Waals surface area (Å²) in [5, 5.41) is 0. The fraction of sp³-hybridized carbons (Fsp3) is 0. The van der Waals surface area contributed by atoms with Crippen molar-refractivity contribution in [1.82, 2.24) is 0 Å². The monoisotopic (exact) mass is 177 g/mol. The number of hydrogen-bond acceptors (Lipinski definition) is 0. The molecule has 5 heteroatoms. The zero-order valence-corrected chi connectivity index (χ0v) is 5.98. The van der Waals surface area contributed by atoms with E-state index in [0.717, 1.165) is 0 Å². The molecule has 0 aromatic rings. The molecule has 0 saturated carbocycles. The second-order valence-corrected chi connectivity index (χ2v) is 0. The molecule has 1 radical (unpaired) electrons. The van der Waals surface area contributed by atoms with E-state index in [-0.39, 0.29) is 97.1 Å². The maximum absolute atomic E-state index is 0. The molecule has 0 nitrogen and oxygen atoms in total. The molecule has 0 aromatic heterocycles. The van der Waals surface area contributed by atoms with Crippen molar-refractivity contribution in [3.63, 3.8) is 0 Å². The molecule has 0 atom stereocenters. The summed E-state index contributed by atoms with van der Waals surface area (Å²) in [6.45, 7) is 0. The molecular formula is H6AlLiMgMnNi. The molecule has 0 amide bonds. The molecule has 5 heavy (non-hydrogen) atoms. The van der Waals surface area contributed by atoms with Crippen molar-refractivity contribution in [1.29, 1.82) is 0 Å². The van der Waals surface area contributed by atoms with Gasteiger partial charge in [-0.15, -0.1) is 0 Å². The summed E-state index contributed by atoms with van der Waals surface area (Å²) >= 11 is 0. The second kappa shape index (κ2) is 28.5. The van der Waals surface area contributed by atoms with Crippen LogP contribution in [0.3, 0.4) is 0 Å². The minimum atomic E-state index is 0. The molecule has 0 fully saturated rings. The van der Waals surface area contributed by atoms with Gasteiger partial charge in [-0.3, -0.25) is 0 Å². The van der Waals surface area contributed by atoms with Gasteiger partial charge in [0, 0.05) is 33.6 Å². The van der Waals surface area contributed by atoms with Gasteiger partial charge in [0.2, 0.25) is 0 Å². The van der Waals surface area contributed by atoms with Crippen LogP contribution in [0.4, 0.5) is 0 Å². The van der Waals surface area contributed by atoms with Crippen LogP contribution in [0.5, 0.6) is 0 Å². The average Bonchev–Trinajstić information content (AvgIpc) is 0. The van der Waals surface area contributed by atoms with Gasteiger partial charge in [-0.2, -0.15) is 0 Å². The molecule has 0 aliphatic heterocycles. The van der Waals surface area contributed by atoms with Crippen LogP contribution in [-0.2, 0) is 33.6 Å². The summed E-state index contributed by atoms with van der Waals surface area (Å²) in [4.78, 5) is 0. The minimum Gasteiger partial charge on any atom is -1.00 e. The van der Waals surface area contributed by atoms with Crippen molar-refractivity contribution < 1.29 is 56.7 Å². The molecule has 0 aliphatic rings. The zero-order valence-electron chi connectivity index (χ0n) is 5.40. The summed E-state index contributed by atoms with van der Waals surface area (Å²) < 4.78 is 0. The van der Waals surface area contributed by atoms with E-state index in [1.54, 1.807) is 0 Å². The molecule has 0 heterocycles. The van der Waals surface area contributed by atoms with Gasteiger partial charge in [0.15, 0.2) is 17.4 Å². The van der Waals surface area contributed by atoms with E-state index in [0.29, 0.717) is 0 Å². The van der Waals surface area contributed by atoms with Crippen LogP contribution in [0.25, 0.3) is 0 Å². The van der Waals surface area contributed by atoms with Gasteiger partial charge in [0.1, 0.15) is 0 Å². The first-order chi connectivity index (χ1) is 0. The van der Waals surface area contributed by atoms with E-state index in [9.17, 15) is 0 Å². The Morgan fingerprint density at radius 3 is 1.20 bits per heavy atom. The van der Waals surface area contributed by atoms with Crippen LogP contribution < -0.4 is 18.9 Å². The van der Waals surface area contributed by atoms with E-state index in [1.165, 1.54) is 0 Å². The smallest absolute Gasteiger partial charge is 1.00 e. The molecule has 0 aromatic carbocycles. The standard InChI is InChI=1S/Al.Li.Mg.Mn.Ni.6H/q;+1;+2;;;;;;3*-1. The molecule has 0 bridgehead atoms. The van der Waals surface area contributed by atoms with Crippen molar-refractivity contribution in [3.8, 4) is 0 Å². The van der Waals surface area contributed by atoms with Crippen LogP contribution in [0.1, 0.15) is 4.28 Å². The van der Waals surface area contributed by atoms with Crippen molar-refractivity contribution in [2.75, 3.05) is 0 Å². The fourth-order valence-corrected chi connectivity index (χ4v) is 0. The van der Waals surface area contributed by atoms with E-state index < -0.39 is 0 Å². The van der Waals surface area contributed by atoms with E-state index >= 15 is 0 Å². The third-order valence-electron chi connectivity index (χ3n) is 0. The summed E-state index contributed by atoms with van der Waals surface area (Å²) in [6.07, 6.45) is 0. The fourth-order valence-electron chi connectivity index (χ4n) is 0. The maximum atomic E-state index is 0. The van der Waals surface area contributed by atoms with Crippen LogP contribution in [0.2, 0.25) is 0 Å². The predicted octanol–water partition coefficient (Wildman–Crippen LogP) is -4.23. The summed E-state index contributed by atoms with van der Waals surface area (Å²) in [5.74, 6) is 0. The van der Waals surface area contributed by atoms with Crippen LogP contribution >= 0.6 is 0 Å². The van der Waals surface area contributed by atoms with E-state index in [4.69, 9.17) is 0 Å². The van der Waals surface area contributed by atoms with Crippen LogP contribution in [0.15, 0.2) is 0 Å². The summed E-state index contributed by atoms with van der Waals surface area (Å²) in [6, 6.07) is 0. The first-order valence-electron chi connectivity index (χ1n) is 0. The normalized spacial score (nSPS) is 0. The summed E-state index contributed by atoms with van der Waals surface area (Å²) in [5.41, 5.74) is 0. The first kappa shape index (κ1) is 44.6. The number of rotatable bonds is 0. The van der Waals surface area contributed by atoms with Crippen molar-refractivity contribution in [2.45, 2.75) is 0 Å².